The van der Waals surface area contributed by atoms with Crippen LogP contribution in [0.4, 0.5) is 10.1 Å². The number of nitrogens with zero attached hydrogens (tertiary/aromatic N) is 2. The second-order valence-electron chi connectivity index (χ2n) is 8.07. The molecule has 4 rings (SSSR count). The molecule has 2 heterocycles. The molecule has 0 bridgehead atoms. The Balaban J connectivity index is 0.00000289. The molecule has 8 heteroatoms. The van der Waals surface area contributed by atoms with Crippen LogP contribution < -0.4 is 20.3 Å². The van der Waals surface area contributed by atoms with Crippen molar-refractivity contribution in [2.24, 2.45) is 4.99 Å². The zero-order valence-corrected chi connectivity index (χ0v) is 21.0. The van der Waals surface area contributed by atoms with Gasteiger partial charge in [-0.2, -0.15) is 0 Å². The van der Waals surface area contributed by atoms with Gasteiger partial charge in [-0.1, -0.05) is 12.1 Å². The number of halogens is 2. The van der Waals surface area contributed by atoms with E-state index in [9.17, 15) is 4.39 Å². The van der Waals surface area contributed by atoms with Crippen molar-refractivity contribution in [2.45, 2.75) is 38.8 Å². The number of fused-ring (bicyclic) bond motifs is 1. The van der Waals surface area contributed by atoms with Gasteiger partial charge in [0, 0.05) is 37.9 Å². The summed E-state index contributed by atoms with van der Waals surface area (Å²) in [5.41, 5.74) is 4.11. The first-order valence-electron chi connectivity index (χ1n) is 11.0. The molecule has 1 saturated heterocycles. The Morgan fingerprint density at radius 1 is 1.22 bits per heavy atom. The van der Waals surface area contributed by atoms with E-state index in [0.29, 0.717) is 25.5 Å². The lowest BCUT2D eigenvalue weighted by molar-refractivity contribution is -0.0172. The zero-order chi connectivity index (χ0) is 21.6. The Morgan fingerprint density at radius 3 is 2.81 bits per heavy atom. The van der Waals surface area contributed by atoms with E-state index < -0.39 is 0 Å². The van der Waals surface area contributed by atoms with Crippen LogP contribution in [0.1, 0.15) is 42.5 Å². The van der Waals surface area contributed by atoms with Crippen LogP contribution in [-0.2, 0) is 17.8 Å². The molecule has 0 aliphatic carbocycles. The van der Waals surface area contributed by atoms with Crippen molar-refractivity contribution in [3.63, 3.8) is 0 Å². The van der Waals surface area contributed by atoms with Crippen LogP contribution in [0.3, 0.4) is 0 Å². The van der Waals surface area contributed by atoms with Crippen molar-refractivity contribution in [3.8, 4) is 5.75 Å². The van der Waals surface area contributed by atoms with Crippen LogP contribution >= 0.6 is 24.0 Å². The SMILES string of the molecule is CN=C(NCCc1cc(F)cc2c1OCOC2)NC(C)c1cccc(N2CCCC2)c1.I. The van der Waals surface area contributed by atoms with Gasteiger partial charge in [-0.05, 0) is 61.6 Å². The van der Waals surface area contributed by atoms with E-state index in [-0.39, 0.29) is 42.6 Å². The van der Waals surface area contributed by atoms with E-state index >= 15 is 0 Å². The van der Waals surface area contributed by atoms with E-state index in [0.717, 1.165) is 30.0 Å². The van der Waals surface area contributed by atoms with Gasteiger partial charge < -0.3 is 25.0 Å². The minimum absolute atomic E-state index is 0. The fraction of sp³-hybridized carbons (Fsp3) is 0.458. The third-order valence-corrected chi connectivity index (χ3v) is 5.86. The lowest BCUT2D eigenvalue weighted by Crippen LogP contribution is -2.39. The number of anilines is 1. The molecule has 0 radical (unpaired) electrons. The second-order valence-corrected chi connectivity index (χ2v) is 8.07. The molecule has 2 aromatic carbocycles. The topological polar surface area (TPSA) is 58.1 Å². The van der Waals surface area contributed by atoms with Crippen molar-refractivity contribution >= 4 is 35.6 Å². The van der Waals surface area contributed by atoms with Crippen molar-refractivity contribution in [3.05, 3.63) is 58.9 Å². The Labute approximate surface area is 206 Å². The normalized spacial score (nSPS) is 16.6. The quantitative estimate of drug-likeness (QED) is 0.316. The average molecular weight is 554 g/mol. The van der Waals surface area contributed by atoms with Crippen LogP contribution in [0.25, 0.3) is 0 Å². The van der Waals surface area contributed by atoms with Crippen molar-refractivity contribution in [2.75, 3.05) is 38.4 Å². The highest BCUT2D eigenvalue weighted by Gasteiger charge is 2.17. The monoisotopic (exact) mass is 554 g/mol. The Kier molecular flexibility index (Phi) is 8.98. The van der Waals surface area contributed by atoms with E-state index in [2.05, 4.69) is 51.7 Å². The Hall–Kier alpha value is -2.07. The fourth-order valence-electron chi connectivity index (χ4n) is 4.21. The van der Waals surface area contributed by atoms with Crippen LogP contribution in [0.2, 0.25) is 0 Å². The molecular weight excluding hydrogens is 522 g/mol. The molecule has 0 spiro atoms. The Morgan fingerprint density at radius 2 is 2.03 bits per heavy atom. The highest BCUT2D eigenvalue weighted by atomic mass is 127. The summed E-state index contributed by atoms with van der Waals surface area (Å²) in [6, 6.07) is 11.8. The van der Waals surface area contributed by atoms with E-state index in [1.807, 2.05) is 0 Å². The predicted octanol–water partition coefficient (Wildman–Crippen LogP) is 4.38. The molecule has 174 valence electrons. The minimum Gasteiger partial charge on any atom is -0.467 e. The first-order valence-corrected chi connectivity index (χ1v) is 11.0. The smallest absolute Gasteiger partial charge is 0.191 e. The number of hydrogen-bond donors (Lipinski definition) is 2. The predicted molar refractivity (Wildman–Crippen MR) is 137 cm³/mol. The van der Waals surface area contributed by atoms with Gasteiger partial charge >= 0.3 is 0 Å². The Bertz CT molecular complexity index is 934. The molecule has 0 amide bonds. The summed E-state index contributed by atoms with van der Waals surface area (Å²) in [7, 11) is 1.76. The van der Waals surface area contributed by atoms with Gasteiger partial charge in [0.25, 0.3) is 0 Å². The maximum atomic E-state index is 13.9. The van der Waals surface area contributed by atoms with Gasteiger partial charge in [-0.25, -0.2) is 4.39 Å². The molecule has 2 N–H and O–H groups in total. The van der Waals surface area contributed by atoms with E-state index in [1.54, 1.807) is 7.05 Å². The largest absolute Gasteiger partial charge is 0.467 e. The molecule has 2 aliphatic heterocycles. The molecular formula is C24H32FIN4O2. The molecule has 6 nitrogen and oxygen atoms in total. The van der Waals surface area contributed by atoms with Crippen molar-refractivity contribution in [1.29, 1.82) is 0 Å². The number of hydrogen-bond acceptors (Lipinski definition) is 4. The molecule has 0 saturated carbocycles. The number of aliphatic imine (C=N–C) groups is 1. The number of nitrogens with one attached hydrogen (secondary N) is 2. The van der Waals surface area contributed by atoms with Crippen LogP contribution in [0, 0.1) is 5.82 Å². The molecule has 1 atom stereocenters. The van der Waals surface area contributed by atoms with Gasteiger partial charge in [-0.3, -0.25) is 4.99 Å². The van der Waals surface area contributed by atoms with Gasteiger partial charge in [0.1, 0.15) is 11.6 Å². The molecule has 2 aliphatic rings. The van der Waals surface area contributed by atoms with Crippen LogP contribution in [0.5, 0.6) is 5.75 Å². The average Bonchev–Trinajstić information content (AvgIpc) is 3.33. The third-order valence-electron chi connectivity index (χ3n) is 5.86. The van der Waals surface area contributed by atoms with E-state index in [1.165, 1.54) is 36.2 Å². The number of guanidine groups is 1. The van der Waals surface area contributed by atoms with Gasteiger partial charge in [0.15, 0.2) is 12.8 Å². The fourth-order valence-corrected chi connectivity index (χ4v) is 4.21. The van der Waals surface area contributed by atoms with Gasteiger partial charge in [0.05, 0.1) is 12.6 Å². The number of rotatable bonds is 6. The highest BCUT2D eigenvalue weighted by molar-refractivity contribution is 14.0. The molecule has 2 aromatic rings. The lowest BCUT2D eigenvalue weighted by atomic mass is 10.1. The minimum atomic E-state index is -0.267. The zero-order valence-electron chi connectivity index (χ0n) is 18.7. The summed E-state index contributed by atoms with van der Waals surface area (Å²) in [4.78, 5) is 6.79. The summed E-state index contributed by atoms with van der Waals surface area (Å²) in [5.74, 6) is 1.19. The standard InChI is InChI=1S/C24H31FN4O2.HI/c1-17(18-6-5-7-22(14-18)29-10-3-4-11-29)28-24(26-2)27-9-8-19-12-21(25)13-20-15-30-16-31-23(19)20;/h5-7,12-14,17H,3-4,8-11,15-16H2,1-2H3,(H2,26,27,28);1H. The maximum absolute atomic E-state index is 13.9. The summed E-state index contributed by atoms with van der Waals surface area (Å²) in [5, 5.41) is 6.79. The van der Waals surface area contributed by atoms with Gasteiger partial charge in [-0.15, -0.1) is 24.0 Å². The summed E-state index contributed by atoms with van der Waals surface area (Å²) >= 11 is 0. The lowest BCUT2D eigenvalue weighted by Gasteiger charge is -2.23. The molecule has 0 aromatic heterocycles. The first kappa shape index (κ1) is 24.6. The highest BCUT2D eigenvalue weighted by Crippen LogP contribution is 2.29. The number of ether oxygens (including phenoxy) is 2. The second kappa shape index (κ2) is 11.7. The maximum Gasteiger partial charge on any atom is 0.191 e. The van der Waals surface area contributed by atoms with E-state index in [4.69, 9.17) is 9.47 Å². The summed E-state index contributed by atoms with van der Waals surface area (Å²) < 4.78 is 24.8. The molecule has 1 fully saturated rings. The summed E-state index contributed by atoms with van der Waals surface area (Å²) in [6.45, 7) is 5.59. The molecule has 32 heavy (non-hydrogen) atoms. The summed E-state index contributed by atoms with van der Waals surface area (Å²) in [6.07, 6.45) is 3.15. The first-order chi connectivity index (χ1) is 15.1. The molecule has 1 unspecified atom stereocenters. The van der Waals surface area contributed by atoms with Crippen molar-refractivity contribution < 1.29 is 13.9 Å². The van der Waals surface area contributed by atoms with Crippen LogP contribution in [0.15, 0.2) is 41.4 Å². The number of benzene rings is 2. The van der Waals surface area contributed by atoms with Crippen molar-refractivity contribution in [1.82, 2.24) is 10.6 Å². The third kappa shape index (κ3) is 6.04. The van der Waals surface area contributed by atoms with Gasteiger partial charge in [0.2, 0.25) is 0 Å². The van der Waals surface area contributed by atoms with Crippen LogP contribution in [-0.4, -0.2) is 39.4 Å².